The average Bonchev–Trinajstić information content (AvgIpc) is 3.20. The Labute approximate surface area is 160 Å². The van der Waals surface area contributed by atoms with Crippen LogP contribution in [-0.4, -0.2) is 4.92 Å². The van der Waals surface area contributed by atoms with Crippen LogP contribution in [-0.2, 0) is 0 Å². The highest BCUT2D eigenvalue weighted by molar-refractivity contribution is 5.93. The Balaban J connectivity index is 1.72. The molecule has 0 aliphatic rings. The van der Waals surface area contributed by atoms with Crippen molar-refractivity contribution < 1.29 is 9.34 Å². The maximum atomic E-state index is 11.2. The normalized spacial score (nSPS) is 11.3. The van der Waals surface area contributed by atoms with Gasteiger partial charge in [0.15, 0.2) is 0 Å². The number of furan rings is 1. The van der Waals surface area contributed by atoms with Crippen LogP contribution >= 0.6 is 0 Å². The van der Waals surface area contributed by atoms with Crippen LogP contribution in [0.2, 0.25) is 0 Å². The van der Waals surface area contributed by atoms with Crippen molar-refractivity contribution in [2.45, 2.75) is 0 Å². The van der Waals surface area contributed by atoms with Crippen molar-refractivity contribution in [3.63, 3.8) is 0 Å². The minimum Gasteiger partial charge on any atom is -0.456 e. The van der Waals surface area contributed by atoms with Crippen molar-refractivity contribution >= 4 is 28.1 Å². The Morgan fingerprint density at radius 2 is 1.71 bits per heavy atom. The van der Waals surface area contributed by atoms with E-state index in [1.54, 1.807) is 36.4 Å². The summed E-state index contributed by atoms with van der Waals surface area (Å²) >= 11 is 0. The predicted molar refractivity (Wildman–Crippen MR) is 108 cm³/mol. The largest absolute Gasteiger partial charge is 0.456 e. The van der Waals surface area contributed by atoms with Gasteiger partial charge in [-0.3, -0.25) is 10.1 Å². The third-order valence-electron chi connectivity index (χ3n) is 4.46. The Bertz CT molecular complexity index is 1260. The van der Waals surface area contributed by atoms with Crippen LogP contribution < -0.4 is 0 Å². The average molecular weight is 366 g/mol. The summed E-state index contributed by atoms with van der Waals surface area (Å²) in [4.78, 5) is 10.8. The predicted octanol–water partition coefficient (Wildman–Crippen LogP) is 6.07. The molecule has 4 aromatic rings. The van der Waals surface area contributed by atoms with E-state index in [1.807, 2.05) is 42.5 Å². The molecular weight excluding hydrogens is 352 g/mol. The number of hydrogen-bond acceptors (Lipinski definition) is 4. The molecule has 0 unspecified atom stereocenters. The molecule has 0 spiro atoms. The first-order valence-corrected chi connectivity index (χ1v) is 8.60. The van der Waals surface area contributed by atoms with E-state index in [2.05, 4.69) is 6.07 Å². The van der Waals surface area contributed by atoms with Crippen molar-refractivity contribution in [2.75, 3.05) is 0 Å². The second-order valence-electron chi connectivity index (χ2n) is 6.21. The van der Waals surface area contributed by atoms with Gasteiger partial charge in [0.05, 0.1) is 22.1 Å². The summed E-state index contributed by atoms with van der Waals surface area (Å²) < 4.78 is 5.77. The number of nitriles is 1. The van der Waals surface area contributed by atoms with E-state index in [9.17, 15) is 15.4 Å². The molecule has 0 bridgehead atoms. The smallest absolute Gasteiger partial charge is 0.280 e. The zero-order valence-corrected chi connectivity index (χ0v) is 14.7. The summed E-state index contributed by atoms with van der Waals surface area (Å²) in [6.07, 6.45) is 1.64. The summed E-state index contributed by atoms with van der Waals surface area (Å²) in [5.74, 6) is 0.840. The Morgan fingerprint density at radius 3 is 2.50 bits per heavy atom. The Hall–Kier alpha value is -4.17. The van der Waals surface area contributed by atoms with E-state index in [0.29, 0.717) is 22.7 Å². The highest BCUT2D eigenvalue weighted by Crippen LogP contribution is 2.32. The molecule has 0 saturated heterocycles. The maximum Gasteiger partial charge on any atom is 0.280 e. The number of hydrogen-bond donors (Lipinski definition) is 0. The third kappa shape index (κ3) is 3.27. The highest BCUT2D eigenvalue weighted by atomic mass is 16.6. The quantitative estimate of drug-likeness (QED) is 0.249. The van der Waals surface area contributed by atoms with Crippen LogP contribution in [0.5, 0.6) is 0 Å². The molecule has 28 heavy (non-hydrogen) atoms. The molecule has 0 amide bonds. The van der Waals surface area contributed by atoms with E-state index in [4.69, 9.17) is 4.42 Å². The summed E-state index contributed by atoms with van der Waals surface area (Å²) in [5, 5.41) is 23.0. The number of allylic oxidation sites excluding steroid dienone is 1. The first-order chi connectivity index (χ1) is 13.7. The van der Waals surface area contributed by atoms with Crippen molar-refractivity contribution in [3.8, 4) is 17.4 Å². The molecule has 1 heterocycles. The van der Waals surface area contributed by atoms with Gasteiger partial charge < -0.3 is 4.42 Å². The molecule has 5 nitrogen and oxygen atoms in total. The van der Waals surface area contributed by atoms with E-state index in [0.717, 1.165) is 16.3 Å². The molecule has 4 rings (SSSR count). The number of nitro benzene ring substituents is 1. The molecule has 3 aromatic carbocycles. The Kier molecular flexibility index (Phi) is 4.45. The molecule has 134 valence electrons. The molecule has 0 fully saturated rings. The summed E-state index contributed by atoms with van der Waals surface area (Å²) in [5.41, 5.74) is 1.61. The van der Waals surface area contributed by atoms with Crippen molar-refractivity contribution in [1.29, 1.82) is 5.26 Å². The number of benzene rings is 3. The van der Waals surface area contributed by atoms with E-state index >= 15 is 0 Å². The van der Waals surface area contributed by atoms with Crippen molar-refractivity contribution in [3.05, 3.63) is 100 Å². The maximum absolute atomic E-state index is 11.2. The summed E-state index contributed by atoms with van der Waals surface area (Å²) in [7, 11) is 0. The highest BCUT2D eigenvalue weighted by Gasteiger charge is 2.17. The van der Waals surface area contributed by atoms with Gasteiger partial charge in [0.2, 0.25) is 0 Å². The van der Waals surface area contributed by atoms with Crippen molar-refractivity contribution in [1.82, 2.24) is 0 Å². The monoisotopic (exact) mass is 366 g/mol. The lowest BCUT2D eigenvalue weighted by molar-refractivity contribution is -0.384. The van der Waals surface area contributed by atoms with Gasteiger partial charge >= 0.3 is 0 Å². The van der Waals surface area contributed by atoms with Crippen LogP contribution in [0.4, 0.5) is 5.69 Å². The molecule has 1 aromatic heterocycles. The minimum atomic E-state index is -0.441. The molecule has 0 aliphatic heterocycles. The lowest BCUT2D eigenvalue weighted by Gasteiger charge is -2.02. The number of nitrogens with zero attached hydrogens (tertiary/aromatic N) is 2. The first kappa shape index (κ1) is 17.3. The molecule has 0 aliphatic carbocycles. The Morgan fingerprint density at radius 1 is 0.964 bits per heavy atom. The van der Waals surface area contributed by atoms with E-state index in [-0.39, 0.29) is 5.69 Å². The summed E-state index contributed by atoms with van der Waals surface area (Å²) in [6.45, 7) is 0. The fraction of sp³-hybridized carbons (Fsp3) is 0. The third-order valence-corrected chi connectivity index (χ3v) is 4.46. The summed E-state index contributed by atoms with van der Waals surface area (Å²) in [6, 6.07) is 25.7. The molecule has 0 N–H and O–H groups in total. The first-order valence-electron chi connectivity index (χ1n) is 8.60. The molecule has 0 saturated carbocycles. The van der Waals surface area contributed by atoms with Gasteiger partial charge in [-0.1, -0.05) is 48.5 Å². The number of rotatable bonds is 4. The van der Waals surface area contributed by atoms with Gasteiger partial charge in [-0.05, 0) is 46.7 Å². The van der Waals surface area contributed by atoms with Crippen LogP contribution in [0.1, 0.15) is 11.3 Å². The SMILES string of the molecule is N#C/C(=C\c1ccc(-c2ccccc2[N+](=O)[O-])o1)c1ccc2ccccc2c1. The van der Waals surface area contributed by atoms with Crippen LogP contribution in [0.3, 0.4) is 0 Å². The van der Waals surface area contributed by atoms with Crippen molar-refractivity contribution in [2.24, 2.45) is 0 Å². The molecule has 0 atom stereocenters. The van der Waals surface area contributed by atoms with Gasteiger partial charge in [-0.25, -0.2) is 0 Å². The van der Waals surface area contributed by atoms with E-state index in [1.165, 1.54) is 6.07 Å². The fourth-order valence-electron chi connectivity index (χ4n) is 3.10. The number of para-hydroxylation sites is 1. The number of nitro groups is 1. The second-order valence-corrected chi connectivity index (χ2v) is 6.21. The lowest BCUT2D eigenvalue weighted by atomic mass is 10.0. The topological polar surface area (TPSA) is 80.1 Å². The fourth-order valence-corrected chi connectivity index (χ4v) is 3.10. The molecular formula is C23H14N2O3. The lowest BCUT2D eigenvalue weighted by Crippen LogP contribution is -1.90. The van der Waals surface area contributed by atoms with Gasteiger partial charge in [-0.2, -0.15) is 5.26 Å². The second kappa shape index (κ2) is 7.22. The zero-order valence-electron chi connectivity index (χ0n) is 14.7. The van der Waals surface area contributed by atoms with Gasteiger partial charge in [-0.15, -0.1) is 0 Å². The minimum absolute atomic E-state index is 0.0255. The van der Waals surface area contributed by atoms with Gasteiger partial charge in [0.1, 0.15) is 11.5 Å². The van der Waals surface area contributed by atoms with Crippen LogP contribution in [0, 0.1) is 21.4 Å². The van der Waals surface area contributed by atoms with Crippen LogP contribution in [0.15, 0.2) is 83.3 Å². The standard InChI is InChI=1S/C23H14N2O3/c24-15-19(18-10-9-16-5-1-2-6-17(16)13-18)14-20-11-12-23(28-20)21-7-3-4-8-22(21)25(26)27/h1-14H/b19-14+. The van der Waals surface area contributed by atoms with E-state index < -0.39 is 4.92 Å². The molecule has 5 heteroatoms. The van der Waals surface area contributed by atoms with Gasteiger partial charge in [0, 0.05) is 6.07 Å². The zero-order chi connectivity index (χ0) is 19.5. The van der Waals surface area contributed by atoms with Gasteiger partial charge in [0.25, 0.3) is 5.69 Å². The molecule has 0 radical (unpaired) electrons. The van der Waals surface area contributed by atoms with Crippen LogP contribution in [0.25, 0.3) is 33.7 Å². The number of fused-ring (bicyclic) bond motifs is 1.